The number of benzene rings is 1. The van der Waals surface area contributed by atoms with E-state index in [1.54, 1.807) is 0 Å². The summed E-state index contributed by atoms with van der Waals surface area (Å²) >= 11 is 0. The summed E-state index contributed by atoms with van der Waals surface area (Å²) in [5.41, 5.74) is -0.653. The van der Waals surface area contributed by atoms with Crippen molar-refractivity contribution in [1.82, 2.24) is 0 Å². The molecule has 0 saturated carbocycles. The molecule has 0 amide bonds. The minimum absolute atomic E-state index is 0.0139. The third-order valence-corrected chi connectivity index (χ3v) is 1.32. The van der Waals surface area contributed by atoms with E-state index in [1.165, 1.54) is 18.2 Å². The second kappa shape index (κ2) is 2.57. The lowest BCUT2D eigenvalue weighted by molar-refractivity contribution is -0.137. The van der Waals surface area contributed by atoms with Crippen molar-refractivity contribution in [3.05, 3.63) is 42.3 Å². The summed E-state index contributed by atoms with van der Waals surface area (Å²) in [7, 11) is 0. The van der Waals surface area contributed by atoms with Crippen LogP contribution in [0, 0.1) is 6.92 Å². The predicted octanol–water partition coefficient (Wildman–Crippen LogP) is 2.89. The van der Waals surface area contributed by atoms with Crippen LogP contribution in [0.25, 0.3) is 0 Å². The molecule has 0 aliphatic rings. The molecule has 1 aromatic carbocycles. The molecule has 0 heterocycles. The van der Waals surface area contributed by atoms with Crippen LogP contribution in [0.1, 0.15) is 11.1 Å². The van der Waals surface area contributed by atoms with Gasteiger partial charge in [0, 0.05) is 0 Å². The van der Waals surface area contributed by atoms with Crippen molar-refractivity contribution >= 4 is 0 Å². The number of alkyl halides is 3. The van der Waals surface area contributed by atoms with E-state index in [0.29, 0.717) is 0 Å². The van der Waals surface area contributed by atoms with Crippen LogP contribution in [0.15, 0.2) is 24.3 Å². The summed E-state index contributed by atoms with van der Waals surface area (Å²) in [6.45, 7) is 3.27. The molecule has 0 spiro atoms. The van der Waals surface area contributed by atoms with Crippen molar-refractivity contribution in [3.8, 4) is 0 Å². The lowest BCUT2D eigenvalue weighted by atomic mass is 10.1. The molecule has 0 aliphatic carbocycles. The third kappa shape index (κ3) is 1.73. The largest absolute Gasteiger partial charge is 0.416 e. The first kappa shape index (κ1) is 8.11. The zero-order valence-corrected chi connectivity index (χ0v) is 5.65. The van der Waals surface area contributed by atoms with Crippen molar-refractivity contribution in [1.29, 1.82) is 0 Å². The van der Waals surface area contributed by atoms with Gasteiger partial charge in [-0.25, -0.2) is 0 Å². The van der Waals surface area contributed by atoms with Crippen molar-refractivity contribution in [3.63, 3.8) is 0 Å². The Morgan fingerprint density at radius 2 is 1.64 bits per heavy atom. The van der Waals surface area contributed by atoms with Crippen molar-refractivity contribution < 1.29 is 13.2 Å². The molecule has 1 rings (SSSR count). The van der Waals surface area contributed by atoms with E-state index in [1.807, 2.05) is 0 Å². The maximum atomic E-state index is 12.0. The van der Waals surface area contributed by atoms with E-state index in [9.17, 15) is 13.2 Å². The molecule has 0 aromatic heterocycles. The van der Waals surface area contributed by atoms with E-state index in [-0.39, 0.29) is 5.56 Å². The number of rotatable bonds is 0. The summed E-state index contributed by atoms with van der Waals surface area (Å²) in [4.78, 5) is 0. The molecule has 0 bridgehead atoms. The first-order valence-electron chi connectivity index (χ1n) is 3.00. The Labute approximate surface area is 62.7 Å². The minimum Gasteiger partial charge on any atom is -0.166 e. The van der Waals surface area contributed by atoms with Crippen LogP contribution in [0.5, 0.6) is 0 Å². The normalized spacial score (nSPS) is 11.6. The van der Waals surface area contributed by atoms with Gasteiger partial charge in [0.2, 0.25) is 0 Å². The van der Waals surface area contributed by atoms with Crippen LogP contribution in [0.4, 0.5) is 13.2 Å². The highest BCUT2D eigenvalue weighted by Crippen LogP contribution is 2.30. The Morgan fingerprint density at radius 1 is 1.09 bits per heavy atom. The van der Waals surface area contributed by atoms with Crippen LogP contribution < -0.4 is 0 Å². The van der Waals surface area contributed by atoms with Crippen LogP contribution >= 0.6 is 0 Å². The maximum absolute atomic E-state index is 12.0. The standard InChI is InChI=1S/C8H6F3/c1-6-4-2-3-5-7(6)8(9,10)11/h2-5H,1H2. The molecule has 0 saturated heterocycles. The SMILES string of the molecule is [CH2]c1ccccc1C(F)(F)F. The fourth-order valence-electron chi connectivity index (χ4n) is 0.797. The molecular formula is C8H6F3. The summed E-state index contributed by atoms with van der Waals surface area (Å²) in [5, 5.41) is 0. The van der Waals surface area contributed by atoms with Crippen LogP contribution in [-0.2, 0) is 6.18 Å². The molecule has 0 aliphatic heterocycles. The Balaban J connectivity index is 3.14. The molecule has 11 heavy (non-hydrogen) atoms. The highest BCUT2D eigenvalue weighted by atomic mass is 19.4. The van der Waals surface area contributed by atoms with Gasteiger partial charge in [-0.15, -0.1) is 0 Å². The smallest absolute Gasteiger partial charge is 0.166 e. The molecule has 59 valence electrons. The average molecular weight is 159 g/mol. The van der Waals surface area contributed by atoms with Gasteiger partial charge in [-0.3, -0.25) is 0 Å². The predicted molar refractivity (Wildman–Crippen MR) is 35.9 cm³/mol. The van der Waals surface area contributed by atoms with Gasteiger partial charge in [0.1, 0.15) is 0 Å². The highest BCUT2D eigenvalue weighted by Gasteiger charge is 2.31. The van der Waals surface area contributed by atoms with Crippen LogP contribution in [0.3, 0.4) is 0 Å². The first-order valence-corrected chi connectivity index (χ1v) is 3.00. The van der Waals surface area contributed by atoms with Crippen LogP contribution in [-0.4, -0.2) is 0 Å². The molecule has 0 N–H and O–H groups in total. The quantitative estimate of drug-likeness (QED) is 0.546. The number of hydrogen-bond acceptors (Lipinski definition) is 0. The molecule has 3 heteroatoms. The van der Waals surface area contributed by atoms with Gasteiger partial charge < -0.3 is 0 Å². The molecule has 0 atom stereocenters. The van der Waals surface area contributed by atoms with E-state index in [4.69, 9.17) is 0 Å². The van der Waals surface area contributed by atoms with Gasteiger partial charge in [-0.1, -0.05) is 18.2 Å². The van der Waals surface area contributed by atoms with E-state index < -0.39 is 11.7 Å². The van der Waals surface area contributed by atoms with Crippen molar-refractivity contribution in [2.45, 2.75) is 6.18 Å². The van der Waals surface area contributed by atoms with E-state index >= 15 is 0 Å². The van der Waals surface area contributed by atoms with Gasteiger partial charge in [0.25, 0.3) is 0 Å². The fourth-order valence-corrected chi connectivity index (χ4v) is 0.797. The monoisotopic (exact) mass is 159 g/mol. The fraction of sp³-hybridized carbons (Fsp3) is 0.125. The third-order valence-electron chi connectivity index (χ3n) is 1.32. The second-order valence-corrected chi connectivity index (χ2v) is 2.15. The van der Waals surface area contributed by atoms with Crippen molar-refractivity contribution in [2.24, 2.45) is 0 Å². The Morgan fingerprint density at radius 3 is 2.00 bits per heavy atom. The molecule has 0 fully saturated rings. The molecule has 0 unspecified atom stereocenters. The number of hydrogen-bond donors (Lipinski definition) is 0. The Hall–Kier alpha value is -0.990. The number of halogens is 3. The lowest BCUT2D eigenvalue weighted by Gasteiger charge is -2.08. The second-order valence-electron chi connectivity index (χ2n) is 2.15. The molecule has 0 nitrogen and oxygen atoms in total. The van der Waals surface area contributed by atoms with Crippen molar-refractivity contribution in [2.75, 3.05) is 0 Å². The summed E-state index contributed by atoms with van der Waals surface area (Å²) < 4.78 is 36.0. The topological polar surface area (TPSA) is 0 Å². The molecule has 1 aromatic rings. The summed E-state index contributed by atoms with van der Waals surface area (Å²) in [6.07, 6.45) is -4.28. The van der Waals surface area contributed by atoms with Crippen LogP contribution in [0.2, 0.25) is 0 Å². The van der Waals surface area contributed by atoms with E-state index in [2.05, 4.69) is 6.92 Å². The first-order chi connectivity index (χ1) is 5.02. The van der Waals surface area contributed by atoms with Gasteiger partial charge in [-0.05, 0) is 18.6 Å². The molecular weight excluding hydrogens is 153 g/mol. The average Bonchev–Trinajstić information content (AvgIpc) is 1.86. The maximum Gasteiger partial charge on any atom is 0.416 e. The molecule has 1 radical (unpaired) electrons. The van der Waals surface area contributed by atoms with Gasteiger partial charge in [0.15, 0.2) is 0 Å². The Bertz CT molecular complexity index is 250. The Kier molecular flexibility index (Phi) is 1.89. The lowest BCUT2D eigenvalue weighted by Crippen LogP contribution is -2.06. The minimum atomic E-state index is -4.28. The van der Waals surface area contributed by atoms with Gasteiger partial charge >= 0.3 is 6.18 Å². The zero-order valence-electron chi connectivity index (χ0n) is 5.65. The van der Waals surface area contributed by atoms with Gasteiger partial charge in [-0.2, -0.15) is 13.2 Å². The van der Waals surface area contributed by atoms with E-state index in [0.717, 1.165) is 6.07 Å². The zero-order chi connectivity index (χ0) is 8.48. The highest BCUT2D eigenvalue weighted by molar-refractivity contribution is 5.31. The summed E-state index contributed by atoms with van der Waals surface area (Å²) in [5.74, 6) is 0. The van der Waals surface area contributed by atoms with Gasteiger partial charge in [0.05, 0.1) is 5.56 Å². The summed E-state index contributed by atoms with van der Waals surface area (Å²) in [6, 6.07) is 5.22.